The van der Waals surface area contributed by atoms with Crippen LogP contribution in [0.3, 0.4) is 0 Å². The summed E-state index contributed by atoms with van der Waals surface area (Å²) in [7, 11) is 1.93. The van der Waals surface area contributed by atoms with Crippen molar-refractivity contribution in [3.8, 4) is 0 Å². The summed E-state index contributed by atoms with van der Waals surface area (Å²) in [6.07, 6.45) is 1.07. The Morgan fingerprint density at radius 3 is 2.50 bits per heavy atom. The van der Waals surface area contributed by atoms with E-state index in [9.17, 15) is 10.1 Å². The minimum atomic E-state index is -0.385. The van der Waals surface area contributed by atoms with Crippen molar-refractivity contribution in [1.82, 2.24) is 10.6 Å². The Bertz CT molecular complexity index is 325. The van der Waals surface area contributed by atoms with Crippen molar-refractivity contribution < 1.29 is 4.92 Å². The van der Waals surface area contributed by atoms with Crippen molar-refractivity contribution in [1.29, 1.82) is 0 Å². The number of hydrogen-bond donors (Lipinski definition) is 2. The van der Waals surface area contributed by atoms with Gasteiger partial charge in [-0.2, -0.15) is 0 Å². The zero-order chi connectivity index (χ0) is 11.8. The maximum Gasteiger partial charge on any atom is 0.269 e. The molecule has 2 N–H and O–H groups in total. The molecule has 0 radical (unpaired) electrons. The number of nitro groups is 1. The highest BCUT2D eigenvalue weighted by atomic mass is 16.6. The van der Waals surface area contributed by atoms with Gasteiger partial charge in [-0.1, -0.05) is 12.1 Å². The average molecular weight is 223 g/mol. The molecular formula is C11H17N3O2. The first-order valence-corrected chi connectivity index (χ1v) is 5.32. The Morgan fingerprint density at radius 2 is 1.94 bits per heavy atom. The quantitative estimate of drug-likeness (QED) is 0.415. The highest BCUT2D eigenvalue weighted by molar-refractivity contribution is 5.32. The third kappa shape index (κ3) is 4.37. The fourth-order valence-corrected chi connectivity index (χ4v) is 1.36. The second-order valence-corrected chi connectivity index (χ2v) is 3.56. The monoisotopic (exact) mass is 223 g/mol. The van der Waals surface area contributed by atoms with Gasteiger partial charge in [0.15, 0.2) is 0 Å². The van der Waals surface area contributed by atoms with Gasteiger partial charge in [-0.05, 0) is 32.1 Å². The molecule has 0 bridgehead atoms. The molecule has 5 nitrogen and oxygen atoms in total. The maximum absolute atomic E-state index is 10.4. The number of nitro benzene ring substituents is 1. The topological polar surface area (TPSA) is 67.2 Å². The summed E-state index contributed by atoms with van der Waals surface area (Å²) in [5.41, 5.74) is 1.20. The first-order chi connectivity index (χ1) is 7.74. The molecule has 1 rings (SSSR count). The van der Waals surface area contributed by atoms with Gasteiger partial charge >= 0.3 is 0 Å². The van der Waals surface area contributed by atoms with Gasteiger partial charge in [0.25, 0.3) is 5.69 Å². The van der Waals surface area contributed by atoms with Gasteiger partial charge in [0.2, 0.25) is 0 Å². The normalized spacial score (nSPS) is 10.3. The van der Waals surface area contributed by atoms with Crippen LogP contribution in [0.25, 0.3) is 0 Å². The van der Waals surface area contributed by atoms with E-state index in [2.05, 4.69) is 10.6 Å². The molecule has 0 aliphatic heterocycles. The zero-order valence-electron chi connectivity index (χ0n) is 9.40. The van der Waals surface area contributed by atoms with E-state index in [-0.39, 0.29) is 10.6 Å². The lowest BCUT2D eigenvalue weighted by molar-refractivity contribution is -0.384. The number of nitrogens with zero attached hydrogens (tertiary/aromatic N) is 1. The maximum atomic E-state index is 10.4. The van der Waals surface area contributed by atoms with Crippen LogP contribution in [0.4, 0.5) is 5.69 Å². The minimum absolute atomic E-state index is 0.138. The molecule has 0 unspecified atom stereocenters. The van der Waals surface area contributed by atoms with Crippen LogP contribution in [0.15, 0.2) is 24.3 Å². The summed E-state index contributed by atoms with van der Waals surface area (Å²) in [4.78, 5) is 10.0. The van der Waals surface area contributed by atoms with Crippen molar-refractivity contribution in [2.75, 3.05) is 20.1 Å². The Kier molecular flexibility index (Phi) is 5.45. The average Bonchev–Trinajstić information content (AvgIpc) is 2.29. The molecule has 0 atom stereocenters. The molecular weight excluding hydrogens is 206 g/mol. The number of non-ortho nitro benzene ring substituents is 1. The van der Waals surface area contributed by atoms with Gasteiger partial charge in [0.05, 0.1) is 4.92 Å². The largest absolute Gasteiger partial charge is 0.320 e. The number of rotatable bonds is 7. The SMILES string of the molecule is CNCCCNCc1ccc([N+](=O)[O-])cc1. The summed E-state index contributed by atoms with van der Waals surface area (Å²) in [6, 6.07) is 6.63. The van der Waals surface area contributed by atoms with Crippen LogP contribution in [0.5, 0.6) is 0 Å². The zero-order valence-corrected chi connectivity index (χ0v) is 9.40. The third-order valence-electron chi connectivity index (χ3n) is 2.26. The molecule has 1 aromatic carbocycles. The molecule has 5 heteroatoms. The van der Waals surface area contributed by atoms with Crippen LogP contribution in [0.1, 0.15) is 12.0 Å². The highest BCUT2D eigenvalue weighted by Gasteiger charge is 2.02. The number of benzene rings is 1. The lowest BCUT2D eigenvalue weighted by atomic mass is 10.2. The molecule has 0 saturated heterocycles. The molecule has 88 valence electrons. The van der Waals surface area contributed by atoms with E-state index in [4.69, 9.17) is 0 Å². The predicted molar refractivity (Wildman–Crippen MR) is 63.3 cm³/mol. The lowest BCUT2D eigenvalue weighted by Gasteiger charge is -2.04. The lowest BCUT2D eigenvalue weighted by Crippen LogP contribution is -2.19. The summed E-state index contributed by atoms with van der Waals surface area (Å²) in [6.45, 7) is 2.69. The molecule has 16 heavy (non-hydrogen) atoms. The Balaban J connectivity index is 2.29. The molecule has 1 aromatic rings. The molecule has 0 aliphatic carbocycles. The predicted octanol–water partition coefficient (Wildman–Crippen LogP) is 1.29. The van der Waals surface area contributed by atoms with E-state index in [1.54, 1.807) is 12.1 Å². The summed E-state index contributed by atoms with van der Waals surface area (Å²) < 4.78 is 0. The van der Waals surface area contributed by atoms with E-state index in [0.29, 0.717) is 0 Å². The van der Waals surface area contributed by atoms with Crippen LogP contribution >= 0.6 is 0 Å². The van der Waals surface area contributed by atoms with E-state index < -0.39 is 0 Å². The second-order valence-electron chi connectivity index (χ2n) is 3.56. The molecule has 0 saturated carbocycles. The molecule has 0 heterocycles. The van der Waals surface area contributed by atoms with E-state index in [1.807, 2.05) is 7.05 Å². The smallest absolute Gasteiger partial charge is 0.269 e. The van der Waals surface area contributed by atoms with Gasteiger partial charge in [-0.15, -0.1) is 0 Å². The summed E-state index contributed by atoms with van der Waals surface area (Å²) >= 11 is 0. The van der Waals surface area contributed by atoms with Gasteiger partial charge in [0.1, 0.15) is 0 Å². The minimum Gasteiger partial charge on any atom is -0.320 e. The number of nitrogens with one attached hydrogen (secondary N) is 2. The Morgan fingerprint density at radius 1 is 1.25 bits per heavy atom. The van der Waals surface area contributed by atoms with Crippen molar-refractivity contribution in [3.05, 3.63) is 39.9 Å². The molecule has 0 fully saturated rings. The van der Waals surface area contributed by atoms with Gasteiger partial charge in [0, 0.05) is 18.7 Å². The fourth-order valence-electron chi connectivity index (χ4n) is 1.36. The molecule has 0 aromatic heterocycles. The second kappa shape index (κ2) is 6.92. The summed E-state index contributed by atoms with van der Waals surface area (Å²) in [5, 5.41) is 16.8. The molecule has 0 amide bonds. The van der Waals surface area contributed by atoms with Crippen molar-refractivity contribution in [2.45, 2.75) is 13.0 Å². The number of hydrogen-bond acceptors (Lipinski definition) is 4. The van der Waals surface area contributed by atoms with E-state index in [1.165, 1.54) is 12.1 Å². The van der Waals surface area contributed by atoms with Crippen molar-refractivity contribution in [3.63, 3.8) is 0 Å². The van der Waals surface area contributed by atoms with Crippen LogP contribution in [0.2, 0.25) is 0 Å². The molecule has 0 aliphatic rings. The van der Waals surface area contributed by atoms with Crippen LogP contribution < -0.4 is 10.6 Å². The van der Waals surface area contributed by atoms with Crippen LogP contribution in [-0.4, -0.2) is 25.1 Å². The summed E-state index contributed by atoms with van der Waals surface area (Å²) in [5.74, 6) is 0. The van der Waals surface area contributed by atoms with Gasteiger partial charge < -0.3 is 10.6 Å². The van der Waals surface area contributed by atoms with Crippen molar-refractivity contribution in [2.24, 2.45) is 0 Å². The molecule has 0 spiro atoms. The van der Waals surface area contributed by atoms with Crippen molar-refractivity contribution >= 4 is 5.69 Å². The van der Waals surface area contributed by atoms with E-state index >= 15 is 0 Å². The van der Waals surface area contributed by atoms with Gasteiger partial charge in [-0.3, -0.25) is 10.1 Å². The standard InChI is InChI=1S/C11H17N3O2/c1-12-7-2-8-13-9-10-3-5-11(6-4-10)14(15)16/h3-6,12-13H,2,7-9H2,1H3. The van der Waals surface area contributed by atoms with E-state index in [0.717, 1.165) is 31.6 Å². The first-order valence-electron chi connectivity index (χ1n) is 5.32. The first kappa shape index (κ1) is 12.6. The van der Waals surface area contributed by atoms with Crippen LogP contribution in [-0.2, 0) is 6.54 Å². The van der Waals surface area contributed by atoms with Gasteiger partial charge in [-0.25, -0.2) is 0 Å². The fraction of sp³-hybridized carbons (Fsp3) is 0.455. The Hall–Kier alpha value is -1.46. The highest BCUT2D eigenvalue weighted by Crippen LogP contribution is 2.11. The Labute approximate surface area is 95.0 Å². The van der Waals surface area contributed by atoms with Crippen LogP contribution in [0, 0.1) is 10.1 Å². The third-order valence-corrected chi connectivity index (χ3v) is 2.26.